The summed E-state index contributed by atoms with van der Waals surface area (Å²) in [5.74, 6) is 0. The van der Waals surface area contributed by atoms with Crippen LogP contribution in [0.5, 0.6) is 0 Å². The summed E-state index contributed by atoms with van der Waals surface area (Å²) in [6, 6.07) is 0.377. The Balaban J connectivity index is 2.65. The van der Waals surface area contributed by atoms with Crippen LogP contribution in [0, 0.1) is 0 Å². The monoisotopic (exact) mass is 230 g/mol. The Morgan fingerprint density at radius 3 is 2.67 bits per heavy atom. The van der Waals surface area contributed by atoms with Gasteiger partial charge in [0.05, 0.1) is 11.7 Å². The zero-order valence-electron chi connectivity index (χ0n) is 9.57. The van der Waals surface area contributed by atoms with E-state index in [0.29, 0.717) is 16.9 Å². The summed E-state index contributed by atoms with van der Waals surface area (Å²) in [5, 5.41) is 4.60. The van der Waals surface area contributed by atoms with Crippen LogP contribution < -0.4 is 5.73 Å². The highest BCUT2D eigenvalue weighted by Gasteiger charge is 2.12. The summed E-state index contributed by atoms with van der Waals surface area (Å²) in [5.41, 5.74) is 6.22. The van der Waals surface area contributed by atoms with Gasteiger partial charge in [0.1, 0.15) is 0 Å². The third kappa shape index (κ3) is 3.39. The first-order chi connectivity index (χ1) is 7.04. The molecule has 0 saturated heterocycles. The summed E-state index contributed by atoms with van der Waals surface area (Å²) < 4.78 is 1.88. The van der Waals surface area contributed by atoms with Gasteiger partial charge in [0.25, 0.3) is 0 Å². The molecule has 0 fully saturated rings. The lowest BCUT2D eigenvalue weighted by Crippen LogP contribution is -2.19. The van der Waals surface area contributed by atoms with Crippen molar-refractivity contribution in [3.05, 3.63) is 11.3 Å². The number of aromatic nitrogens is 2. The second-order valence-corrected chi connectivity index (χ2v) is 4.37. The molecule has 15 heavy (non-hydrogen) atoms. The van der Waals surface area contributed by atoms with Gasteiger partial charge >= 0.3 is 0 Å². The van der Waals surface area contributed by atoms with Crippen molar-refractivity contribution < 1.29 is 0 Å². The summed E-state index contributed by atoms with van der Waals surface area (Å²) in [6.45, 7) is 3.18. The Labute approximate surface area is 96.0 Å². The van der Waals surface area contributed by atoms with Crippen LogP contribution in [0.1, 0.15) is 25.8 Å². The van der Waals surface area contributed by atoms with E-state index in [4.69, 9.17) is 17.3 Å². The third-order valence-corrected chi connectivity index (χ3v) is 2.76. The summed E-state index contributed by atoms with van der Waals surface area (Å²) in [6.07, 6.45) is 3.90. The number of anilines is 1. The average molecular weight is 231 g/mol. The molecule has 4 nitrogen and oxygen atoms in total. The molecule has 1 aromatic heterocycles. The molecule has 0 aliphatic heterocycles. The minimum absolute atomic E-state index is 0.377. The fourth-order valence-corrected chi connectivity index (χ4v) is 1.64. The lowest BCUT2D eigenvalue weighted by atomic mass is 10.1. The zero-order valence-corrected chi connectivity index (χ0v) is 10.3. The number of hydrogen-bond acceptors (Lipinski definition) is 3. The van der Waals surface area contributed by atoms with Crippen molar-refractivity contribution in [3.8, 4) is 0 Å². The number of rotatable bonds is 5. The summed E-state index contributed by atoms with van der Waals surface area (Å²) in [7, 11) is 4.13. The van der Waals surface area contributed by atoms with Crippen LogP contribution in [0.15, 0.2) is 6.20 Å². The molecule has 0 aromatic carbocycles. The maximum Gasteiger partial charge on any atom is 0.173 e. The largest absolute Gasteiger partial charge is 0.395 e. The van der Waals surface area contributed by atoms with Gasteiger partial charge in [-0.1, -0.05) is 18.5 Å². The predicted octanol–water partition coefficient (Wildman–Crippen LogP) is 2.02. The molecule has 1 heterocycles. The molecule has 0 amide bonds. The van der Waals surface area contributed by atoms with Gasteiger partial charge in [-0.25, -0.2) is 0 Å². The Kier molecular flexibility index (Phi) is 4.42. The van der Waals surface area contributed by atoms with Crippen LogP contribution in [0.2, 0.25) is 5.15 Å². The van der Waals surface area contributed by atoms with Crippen molar-refractivity contribution in [2.75, 3.05) is 26.4 Å². The molecule has 0 spiro atoms. The van der Waals surface area contributed by atoms with E-state index in [-0.39, 0.29) is 0 Å². The van der Waals surface area contributed by atoms with Gasteiger partial charge in [0.15, 0.2) is 5.15 Å². The molecular formula is C10H19ClN4. The van der Waals surface area contributed by atoms with Crippen LogP contribution in [0.4, 0.5) is 5.69 Å². The lowest BCUT2D eigenvalue weighted by Gasteiger charge is -2.18. The second-order valence-electron chi connectivity index (χ2n) is 4.01. The van der Waals surface area contributed by atoms with Gasteiger partial charge < -0.3 is 10.6 Å². The van der Waals surface area contributed by atoms with E-state index < -0.39 is 0 Å². The quantitative estimate of drug-likeness (QED) is 0.842. The van der Waals surface area contributed by atoms with E-state index >= 15 is 0 Å². The Bertz CT molecular complexity index is 289. The highest BCUT2D eigenvalue weighted by atomic mass is 35.5. The first-order valence-electron chi connectivity index (χ1n) is 5.19. The molecule has 0 aliphatic carbocycles. The molecule has 0 saturated carbocycles. The first-order valence-corrected chi connectivity index (χ1v) is 5.57. The van der Waals surface area contributed by atoms with E-state index in [1.54, 1.807) is 0 Å². The molecule has 1 aromatic rings. The number of nitrogens with two attached hydrogens (primary N) is 1. The summed E-state index contributed by atoms with van der Waals surface area (Å²) in [4.78, 5) is 2.16. The number of halogens is 1. The normalized spacial score (nSPS) is 13.4. The predicted molar refractivity (Wildman–Crippen MR) is 64.1 cm³/mol. The molecule has 86 valence electrons. The van der Waals surface area contributed by atoms with Crippen LogP contribution >= 0.6 is 11.6 Å². The number of nitrogen functional groups attached to an aromatic ring is 1. The van der Waals surface area contributed by atoms with Gasteiger partial charge in [-0.2, -0.15) is 5.10 Å². The van der Waals surface area contributed by atoms with Gasteiger partial charge in [0, 0.05) is 6.20 Å². The van der Waals surface area contributed by atoms with Crippen LogP contribution in [-0.2, 0) is 0 Å². The van der Waals surface area contributed by atoms with E-state index in [2.05, 4.69) is 31.0 Å². The van der Waals surface area contributed by atoms with Crippen molar-refractivity contribution in [1.29, 1.82) is 0 Å². The standard InChI is InChI=1S/C10H19ClN4/c1-4-8(5-6-14(2)3)15-7-9(12)10(11)13-15/h7-8H,4-6,12H2,1-3H3. The van der Waals surface area contributed by atoms with Crippen molar-refractivity contribution in [2.45, 2.75) is 25.8 Å². The van der Waals surface area contributed by atoms with E-state index in [1.807, 2.05) is 10.9 Å². The second kappa shape index (κ2) is 5.37. The molecule has 5 heteroatoms. The Hall–Kier alpha value is -0.740. The molecule has 2 N–H and O–H groups in total. The van der Waals surface area contributed by atoms with Crippen LogP contribution in [-0.4, -0.2) is 35.3 Å². The molecule has 0 aliphatic rings. The SMILES string of the molecule is CCC(CCN(C)C)n1cc(N)c(Cl)n1. The third-order valence-electron chi connectivity index (χ3n) is 2.47. The van der Waals surface area contributed by atoms with E-state index in [0.717, 1.165) is 19.4 Å². The maximum atomic E-state index is 5.83. The lowest BCUT2D eigenvalue weighted by molar-refractivity contribution is 0.328. The van der Waals surface area contributed by atoms with Crippen molar-refractivity contribution >= 4 is 17.3 Å². The number of nitrogens with zero attached hydrogens (tertiary/aromatic N) is 3. The highest BCUT2D eigenvalue weighted by molar-refractivity contribution is 6.31. The molecule has 0 radical (unpaired) electrons. The molecule has 1 rings (SSSR count). The zero-order chi connectivity index (χ0) is 11.4. The summed E-state index contributed by atoms with van der Waals surface area (Å²) >= 11 is 5.83. The maximum absolute atomic E-state index is 5.83. The van der Waals surface area contributed by atoms with Crippen molar-refractivity contribution in [1.82, 2.24) is 14.7 Å². The van der Waals surface area contributed by atoms with Gasteiger partial charge in [-0.15, -0.1) is 0 Å². The minimum Gasteiger partial charge on any atom is -0.395 e. The average Bonchev–Trinajstić information content (AvgIpc) is 2.47. The first kappa shape index (κ1) is 12.3. The van der Waals surface area contributed by atoms with E-state index in [1.165, 1.54) is 0 Å². The highest BCUT2D eigenvalue weighted by Crippen LogP contribution is 2.21. The number of hydrogen-bond donors (Lipinski definition) is 1. The fraction of sp³-hybridized carbons (Fsp3) is 0.700. The van der Waals surface area contributed by atoms with Gasteiger partial charge in [0.2, 0.25) is 0 Å². The van der Waals surface area contributed by atoms with Crippen LogP contribution in [0.3, 0.4) is 0 Å². The van der Waals surface area contributed by atoms with Gasteiger partial charge in [-0.3, -0.25) is 4.68 Å². The Morgan fingerprint density at radius 2 is 2.27 bits per heavy atom. The smallest absolute Gasteiger partial charge is 0.173 e. The molecule has 1 unspecified atom stereocenters. The molecule has 0 bridgehead atoms. The van der Waals surface area contributed by atoms with Crippen molar-refractivity contribution in [2.24, 2.45) is 0 Å². The van der Waals surface area contributed by atoms with Crippen molar-refractivity contribution in [3.63, 3.8) is 0 Å². The van der Waals surface area contributed by atoms with E-state index in [9.17, 15) is 0 Å². The fourth-order valence-electron chi connectivity index (χ4n) is 1.50. The Morgan fingerprint density at radius 1 is 1.60 bits per heavy atom. The molecule has 1 atom stereocenters. The minimum atomic E-state index is 0.377. The van der Waals surface area contributed by atoms with Crippen LogP contribution in [0.25, 0.3) is 0 Å². The van der Waals surface area contributed by atoms with Gasteiger partial charge in [-0.05, 0) is 33.5 Å². The topological polar surface area (TPSA) is 47.1 Å². The molecular weight excluding hydrogens is 212 g/mol.